The molecule has 1 aromatic carbocycles. The predicted molar refractivity (Wildman–Crippen MR) is 132 cm³/mol. The largest absolute Gasteiger partial charge is 0.480 e. The number of benzene rings is 1. The summed E-state index contributed by atoms with van der Waals surface area (Å²) in [5, 5.41) is 27.0. The SMILES string of the molecule is CCC(C)C(NC(=O)C(NC(=O)C(Cc1ccccc1)NC(=O)C(N)C(C)O)C(C)CC)C(=O)O. The normalized spacial score (nSPS) is 17.1. The summed E-state index contributed by atoms with van der Waals surface area (Å²) in [4.78, 5) is 50.6. The average Bonchev–Trinajstić information content (AvgIpc) is 2.83. The summed E-state index contributed by atoms with van der Waals surface area (Å²) in [6, 6.07) is 4.58. The van der Waals surface area contributed by atoms with Gasteiger partial charge in [-0.3, -0.25) is 14.4 Å². The number of nitrogens with two attached hydrogens (primary N) is 1. The van der Waals surface area contributed by atoms with Crippen molar-refractivity contribution in [3.05, 3.63) is 35.9 Å². The molecule has 196 valence electrons. The van der Waals surface area contributed by atoms with Crippen molar-refractivity contribution in [1.82, 2.24) is 16.0 Å². The van der Waals surface area contributed by atoms with E-state index in [4.69, 9.17) is 5.73 Å². The van der Waals surface area contributed by atoms with Gasteiger partial charge in [-0.2, -0.15) is 0 Å². The fraction of sp³-hybridized carbons (Fsp3) is 0.600. The van der Waals surface area contributed by atoms with Crippen molar-refractivity contribution >= 4 is 23.7 Å². The highest BCUT2D eigenvalue weighted by atomic mass is 16.4. The number of carboxylic acids is 1. The number of rotatable bonds is 14. The van der Waals surface area contributed by atoms with E-state index in [2.05, 4.69) is 16.0 Å². The van der Waals surface area contributed by atoms with Crippen LogP contribution in [0.3, 0.4) is 0 Å². The summed E-state index contributed by atoms with van der Waals surface area (Å²) in [7, 11) is 0. The Kier molecular flexibility index (Phi) is 12.4. The molecule has 0 radical (unpaired) electrons. The van der Waals surface area contributed by atoms with Crippen molar-refractivity contribution in [3.63, 3.8) is 0 Å². The molecular weight excluding hydrogens is 452 g/mol. The van der Waals surface area contributed by atoms with E-state index in [0.29, 0.717) is 12.8 Å². The maximum Gasteiger partial charge on any atom is 0.326 e. The number of hydrogen-bond donors (Lipinski definition) is 6. The lowest BCUT2D eigenvalue weighted by atomic mass is 9.94. The monoisotopic (exact) mass is 492 g/mol. The zero-order chi connectivity index (χ0) is 26.7. The van der Waals surface area contributed by atoms with Gasteiger partial charge in [-0.05, 0) is 24.3 Å². The molecule has 0 aliphatic carbocycles. The summed E-state index contributed by atoms with van der Waals surface area (Å²) < 4.78 is 0. The van der Waals surface area contributed by atoms with Crippen LogP contribution in [-0.4, -0.2) is 64.2 Å². The van der Waals surface area contributed by atoms with Crippen LogP contribution in [0.2, 0.25) is 0 Å². The Morgan fingerprint density at radius 2 is 1.34 bits per heavy atom. The first-order valence-corrected chi connectivity index (χ1v) is 12.0. The van der Waals surface area contributed by atoms with E-state index in [1.54, 1.807) is 38.1 Å². The van der Waals surface area contributed by atoms with Crippen LogP contribution in [0, 0.1) is 11.8 Å². The Bertz CT molecular complexity index is 848. The number of carbonyl (C=O) groups is 4. The minimum atomic E-state index is -1.23. The number of hydrogen-bond acceptors (Lipinski definition) is 6. The molecule has 7 atom stereocenters. The van der Waals surface area contributed by atoms with Crippen molar-refractivity contribution in [1.29, 1.82) is 0 Å². The second kappa shape index (κ2) is 14.4. The molecule has 0 saturated heterocycles. The van der Waals surface area contributed by atoms with Crippen molar-refractivity contribution in [2.45, 2.75) is 84.2 Å². The van der Waals surface area contributed by atoms with Crippen LogP contribution >= 0.6 is 0 Å². The number of carbonyl (C=O) groups excluding carboxylic acids is 3. The standard InChI is InChI=1S/C25H40N4O6/c1-6-14(3)20(24(33)29-21(25(34)35)15(4)7-2)28-22(31)18(13-17-11-9-8-10-12-17)27-23(32)19(26)16(5)30/h8-12,14-16,18-21,30H,6-7,13,26H2,1-5H3,(H,27,32)(H,28,31)(H,29,33)(H,34,35). The Labute approximate surface area is 207 Å². The Morgan fingerprint density at radius 1 is 0.829 bits per heavy atom. The molecule has 35 heavy (non-hydrogen) atoms. The molecule has 1 aromatic rings. The first-order chi connectivity index (χ1) is 16.4. The number of carboxylic acid groups (broad SMARTS) is 1. The van der Waals surface area contributed by atoms with Gasteiger partial charge in [0.05, 0.1) is 6.10 Å². The van der Waals surface area contributed by atoms with Crippen LogP contribution in [0.1, 0.15) is 53.0 Å². The number of nitrogens with one attached hydrogen (secondary N) is 3. The smallest absolute Gasteiger partial charge is 0.326 e. The van der Waals surface area contributed by atoms with Gasteiger partial charge in [0.15, 0.2) is 0 Å². The van der Waals surface area contributed by atoms with Crippen LogP contribution < -0.4 is 21.7 Å². The van der Waals surface area contributed by atoms with Crippen LogP contribution in [0.25, 0.3) is 0 Å². The second-order valence-corrected chi connectivity index (χ2v) is 9.10. The Balaban J connectivity index is 3.15. The van der Waals surface area contributed by atoms with Gasteiger partial charge in [-0.15, -0.1) is 0 Å². The zero-order valence-corrected chi connectivity index (χ0v) is 21.2. The fourth-order valence-electron chi connectivity index (χ4n) is 3.43. The van der Waals surface area contributed by atoms with Gasteiger partial charge in [0.2, 0.25) is 17.7 Å². The topological polar surface area (TPSA) is 171 Å². The molecule has 10 nitrogen and oxygen atoms in total. The molecule has 1 rings (SSSR count). The van der Waals surface area contributed by atoms with E-state index >= 15 is 0 Å². The summed E-state index contributed by atoms with van der Waals surface area (Å²) >= 11 is 0. The van der Waals surface area contributed by atoms with E-state index in [0.717, 1.165) is 5.56 Å². The second-order valence-electron chi connectivity index (χ2n) is 9.10. The Hall–Kier alpha value is -2.98. The number of aliphatic hydroxyl groups excluding tert-OH is 1. The van der Waals surface area contributed by atoms with E-state index in [9.17, 15) is 29.4 Å². The minimum absolute atomic E-state index is 0.129. The van der Waals surface area contributed by atoms with Gasteiger partial charge in [0.1, 0.15) is 24.2 Å². The third-order valence-corrected chi connectivity index (χ3v) is 6.31. The summed E-state index contributed by atoms with van der Waals surface area (Å²) in [6.45, 7) is 8.56. The van der Waals surface area contributed by atoms with Gasteiger partial charge in [-0.25, -0.2) is 4.79 Å². The van der Waals surface area contributed by atoms with Crippen LogP contribution in [0.15, 0.2) is 30.3 Å². The Morgan fingerprint density at radius 3 is 1.83 bits per heavy atom. The lowest BCUT2D eigenvalue weighted by molar-refractivity contribution is -0.144. The van der Waals surface area contributed by atoms with E-state index in [1.807, 2.05) is 19.9 Å². The summed E-state index contributed by atoms with van der Waals surface area (Å²) in [5.74, 6) is -3.69. The van der Waals surface area contributed by atoms with Gasteiger partial charge in [0.25, 0.3) is 0 Å². The first kappa shape index (κ1) is 30.1. The lowest BCUT2D eigenvalue weighted by Gasteiger charge is -2.29. The molecule has 7 N–H and O–H groups in total. The molecule has 0 bridgehead atoms. The van der Waals surface area contributed by atoms with Crippen molar-refractivity contribution in [3.8, 4) is 0 Å². The van der Waals surface area contributed by atoms with E-state index < -0.39 is 54.0 Å². The maximum absolute atomic E-state index is 13.3. The average molecular weight is 493 g/mol. The molecule has 0 aliphatic heterocycles. The molecule has 0 heterocycles. The maximum atomic E-state index is 13.3. The molecule has 0 aliphatic rings. The number of amides is 3. The quantitative estimate of drug-likeness (QED) is 0.220. The molecule has 3 amide bonds. The number of aliphatic hydroxyl groups is 1. The predicted octanol–water partition coefficient (Wildman–Crippen LogP) is 0.568. The highest BCUT2D eigenvalue weighted by Crippen LogP contribution is 2.13. The third kappa shape index (κ3) is 9.29. The van der Waals surface area contributed by atoms with Crippen molar-refractivity contribution in [2.24, 2.45) is 17.6 Å². The fourth-order valence-corrected chi connectivity index (χ4v) is 3.43. The molecule has 0 fully saturated rings. The van der Waals surface area contributed by atoms with Crippen molar-refractivity contribution < 1.29 is 29.4 Å². The van der Waals surface area contributed by atoms with E-state index in [1.165, 1.54) is 6.92 Å². The first-order valence-electron chi connectivity index (χ1n) is 12.0. The van der Waals surface area contributed by atoms with Gasteiger partial charge in [-0.1, -0.05) is 70.9 Å². The van der Waals surface area contributed by atoms with Crippen LogP contribution in [0.5, 0.6) is 0 Å². The summed E-state index contributed by atoms with van der Waals surface area (Å²) in [5.41, 5.74) is 6.50. The van der Waals surface area contributed by atoms with Gasteiger partial charge < -0.3 is 31.9 Å². The minimum Gasteiger partial charge on any atom is -0.480 e. The molecule has 10 heteroatoms. The third-order valence-electron chi connectivity index (χ3n) is 6.31. The molecule has 0 saturated carbocycles. The zero-order valence-electron chi connectivity index (χ0n) is 21.2. The molecule has 0 aromatic heterocycles. The lowest BCUT2D eigenvalue weighted by Crippen LogP contribution is -2.60. The molecular formula is C25H40N4O6. The number of aliphatic carboxylic acids is 1. The summed E-state index contributed by atoms with van der Waals surface area (Å²) in [6.07, 6.45) is 0.0984. The highest BCUT2D eigenvalue weighted by molar-refractivity contribution is 5.94. The van der Waals surface area contributed by atoms with E-state index in [-0.39, 0.29) is 18.3 Å². The molecule has 0 spiro atoms. The van der Waals surface area contributed by atoms with Gasteiger partial charge in [0, 0.05) is 6.42 Å². The molecule has 7 unspecified atom stereocenters. The van der Waals surface area contributed by atoms with Crippen LogP contribution in [0.4, 0.5) is 0 Å². The van der Waals surface area contributed by atoms with Crippen LogP contribution in [-0.2, 0) is 25.6 Å². The van der Waals surface area contributed by atoms with Crippen molar-refractivity contribution in [2.75, 3.05) is 0 Å². The van der Waals surface area contributed by atoms with Gasteiger partial charge >= 0.3 is 5.97 Å². The highest BCUT2D eigenvalue weighted by Gasteiger charge is 2.34.